The van der Waals surface area contributed by atoms with Crippen molar-refractivity contribution >= 4 is 38.1 Å². The molecule has 0 aliphatic carbocycles. The van der Waals surface area contributed by atoms with Crippen LogP contribution in [-0.4, -0.2) is 14.5 Å². The summed E-state index contributed by atoms with van der Waals surface area (Å²) in [5.74, 6) is 0. The molecule has 0 bridgehead atoms. The fourth-order valence-corrected chi connectivity index (χ4v) is 4.23. The Bertz CT molecular complexity index is 1070. The molecular formula is C21H19BrN4S. The molecule has 0 amide bonds. The average Bonchev–Trinajstić information content (AvgIpc) is 3.27. The Balaban J connectivity index is 1.56. The molecule has 0 saturated carbocycles. The number of hydrogen-bond acceptors (Lipinski definition) is 4. The Hall–Kier alpha value is -2.44. The van der Waals surface area contributed by atoms with E-state index in [0.29, 0.717) is 0 Å². The highest BCUT2D eigenvalue weighted by Gasteiger charge is 2.09. The first kappa shape index (κ1) is 17.9. The molecule has 0 spiro atoms. The molecule has 0 aliphatic heterocycles. The molecule has 0 fully saturated rings. The largest absolute Gasteiger partial charge is 0.331 e. The molecule has 136 valence electrons. The molecule has 4 rings (SSSR count). The van der Waals surface area contributed by atoms with E-state index in [1.165, 1.54) is 16.7 Å². The standard InChI is InChI=1S/C21H19BrN4S/c1-13-8-14(2)20(15(3)9-13)25-21-24-18(11-27-21)16-4-6-17(7-5-16)26-10-19(22)23-12-26/h4-12H,1-3H3,(H,24,25). The number of halogens is 1. The summed E-state index contributed by atoms with van der Waals surface area (Å²) in [5.41, 5.74) is 8.03. The topological polar surface area (TPSA) is 42.7 Å². The Morgan fingerprint density at radius 1 is 1.04 bits per heavy atom. The van der Waals surface area contributed by atoms with Crippen LogP contribution in [0.25, 0.3) is 16.9 Å². The number of imidazole rings is 1. The van der Waals surface area contributed by atoms with E-state index in [0.717, 1.165) is 32.4 Å². The van der Waals surface area contributed by atoms with Gasteiger partial charge in [0.1, 0.15) is 10.9 Å². The lowest BCUT2D eigenvalue weighted by molar-refractivity contribution is 1.06. The van der Waals surface area contributed by atoms with Gasteiger partial charge in [0.05, 0.1) is 5.69 Å². The van der Waals surface area contributed by atoms with Gasteiger partial charge in [-0.1, -0.05) is 29.8 Å². The van der Waals surface area contributed by atoms with E-state index >= 15 is 0 Å². The summed E-state index contributed by atoms with van der Waals surface area (Å²) < 4.78 is 2.80. The Kier molecular flexibility index (Phi) is 4.85. The number of rotatable bonds is 4. The molecule has 4 aromatic rings. The number of aryl methyl sites for hydroxylation is 3. The van der Waals surface area contributed by atoms with Crippen molar-refractivity contribution in [1.82, 2.24) is 14.5 Å². The van der Waals surface area contributed by atoms with E-state index in [2.05, 4.69) is 88.8 Å². The molecule has 2 aromatic heterocycles. The number of aromatic nitrogens is 3. The van der Waals surface area contributed by atoms with Crippen molar-refractivity contribution in [2.75, 3.05) is 5.32 Å². The summed E-state index contributed by atoms with van der Waals surface area (Å²) in [4.78, 5) is 8.96. The number of nitrogens with zero attached hydrogens (tertiary/aromatic N) is 3. The fourth-order valence-electron chi connectivity index (χ4n) is 3.19. The van der Waals surface area contributed by atoms with Crippen LogP contribution in [0.5, 0.6) is 0 Å². The van der Waals surface area contributed by atoms with Crippen molar-refractivity contribution in [3.8, 4) is 16.9 Å². The van der Waals surface area contributed by atoms with Crippen molar-refractivity contribution in [3.63, 3.8) is 0 Å². The third-order valence-corrected chi connectivity index (χ3v) is 5.59. The molecule has 0 aliphatic rings. The molecule has 1 N–H and O–H groups in total. The lowest BCUT2D eigenvalue weighted by atomic mass is 10.1. The second-order valence-corrected chi connectivity index (χ2v) is 8.26. The van der Waals surface area contributed by atoms with Gasteiger partial charge in [0.25, 0.3) is 0 Å². The van der Waals surface area contributed by atoms with Crippen LogP contribution < -0.4 is 5.32 Å². The summed E-state index contributed by atoms with van der Waals surface area (Å²) in [5, 5.41) is 6.48. The fraction of sp³-hybridized carbons (Fsp3) is 0.143. The molecule has 0 radical (unpaired) electrons. The summed E-state index contributed by atoms with van der Waals surface area (Å²) >= 11 is 5.00. The van der Waals surface area contributed by atoms with Crippen LogP contribution in [0.15, 0.2) is 58.9 Å². The molecule has 2 heterocycles. The molecule has 0 unspecified atom stereocenters. The zero-order valence-corrected chi connectivity index (χ0v) is 17.7. The Morgan fingerprint density at radius 2 is 1.74 bits per heavy atom. The summed E-state index contributed by atoms with van der Waals surface area (Å²) in [7, 11) is 0. The lowest BCUT2D eigenvalue weighted by Gasteiger charge is -2.11. The van der Waals surface area contributed by atoms with Gasteiger partial charge in [-0.25, -0.2) is 9.97 Å². The highest BCUT2D eigenvalue weighted by atomic mass is 79.9. The molecule has 0 atom stereocenters. The highest BCUT2D eigenvalue weighted by Crippen LogP contribution is 2.31. The van der Waals surface area contributed by atoms with Crippen LogP contribution >= 0.6 is 27.3 Å². The van der Waals surface area contributed by atoms with Gasteiger partial charge in [-0.3, -0.25) is 0 Å². The van der Waals surface area contributed by atoms with Gasteiger partial charge < -0.3 is 9.88 Å². The highest BCUT2D eigenvalue weighted by molar-refractivity contribution is 9.10. The van der Waals surface area contributed by atoms with Gasteiger partial charge in [0.15, 0.2) is 5.13 Å². The predicted molar refractivity (Wildman–Crippen MR) is 116 cm³/mol. The number of thiazole rings is 1. The summed E-state index contributed by atoms with van der Waals surface area (Å²) in [6.07, 6.45) is 3.72. The van der Waals surface area contributed by atoms with Crippen LogP contribution in [0.1, 0.15) is 16.7 Å². The van der Waals surface area contributed by atoms with Crippen LogP contribution in [-0.2, 0) is 0 Å². The number of nitrogens with one attached hydrogen (secondary N) is 1. The minimum Gasteiger partial charge on any atom is -0.331 e. The van der Waals surface area contributed by atoms with E-state index in [4.69, 9.17) is 4.98 Å². The third-order valence-electron chi connectivity index (χ3n) is 4.43. The average molecular weight is 439 g/mol. The van der Waals surface area contributed by atoms with E-state index in [9.17, 15) is 0 Å². The quantitative estimate of drug-likeness (QED) is 0.399. The Labute approximate surface area is 171 Å². The van der Waals surface area contributed by atoms with Crippen molar-refractivity contribution in [1.29, 1.82) is 0 Å². The number of anilines is 2. The van der Waals surface area contributed by atoms with Crippen LogP contribution in [0, 0.1) is 20.8 Å². The molecule has 6 heteroatoms. The zero-order valence-electron chi connectivity index (χ0n) is 15.3. The predicted octanol–water partition coefficient (Wildman–Crippen LogP) is 6.43. The smallest absolute Gasteiger partial charge is 0.187 e. The molecule has 27 heavy (non-hydrogen) atoms. The van der Waals surface area contributed by atoms with E-state index < -0.39 is 0 Å². The molecule has 0 saturated heterocycles. The van der Waals surface area contributed by atoms with Gasteiger partial charge in [0.2, 0.25) is 0 Å². The van der Waals surface area contributed by atoms with E-state index in [1.807, 2.05) is 10.8 Å². The lowest BCUT2D eigenvalue weighted by Crippen LogP contribution is -1.96. The van der Waals surface area contributed by atoms with Crippen LogP contribution in [0.3, 0.4) is 0 Å². The third kappa shape index (κ3) is 3.82. The first-order valence-electron chi connectivity index (χ1n) is 8.60. The van der Waals surface area contributed by atoms with Crippen molar-refractivity contribution in [2.45, 2.75) is 20.8 Å². The summed E-state index contributed by atoms with van der Waals surface area (Å²) in [6, 6.07) is 12.7. The van der Waals surface area contributed by atoms with Gasteiger partial charge in [-0.05, 0) is 60.0 Å². The monoisotopic (exact) mass is 438 g/mol. The molecule has 4 nitrogen and oxygen atoms in total. The zero-order chi connectivity index (χ0) is 19.0. The SMILES string of the molecule is Cc1cc(C)c(Nc2nc(-c3ccc(-n4cnc(Br)c4)cc3)cs2)c(C)c1. The normalized spacial score (nSPS) is 11.0. The van der Waals surface area contributed by atoms with Crippen molar-refractivity contribution < 1.29 is 0 Å². The van der Waals surface area contributed by atoms with Gasteiger partial charge >= 0.3 is 0 Å². The molecular weight excluding hydrogens is 420 g/mol. The van der Waals surface area contributed by atoms with Gasteiger partial charge in [-0.2, -0.15) is 0 Å². The van der Waals surface area contributed by atoms with Crippen molar-refractivity contribution in [2.24, 2.45) is 0 Å². The maximum Gasteiger partial charge on any atom is 0.187 e. The minimum absolute atomic E-state index is 0.823. The second-order valence-electron chi connectivity index (χ2n) is 6.59. The van der Waals surface area contributed by atoms with E-state index in [1.54, 1.807) is 17.7 Å². The van der Waals surface area contributed by atoms with Crippen molar-refractivity contribution in [3.05, 3.63) is 75.6 Å². The molecule has 2 aromatic carbocycles. The van der Waals surface area contributed by atoms with Gasteiger partial charge in [-0.15, -0.1) is 11.3 Å². The maximum atomic E-state index is 4.77. The second kappa shape index (κ2) is 7.29. The van der Waals surface area contributed by atoms with Crippen LogP contribution in [0.2, 0.25) is 0 Å². The first-order valence-corrected chi connectivity index (χ1v) is 10.3. The number of benzene rings is 2. The Morgan fingerprint density at radius 3 is 2.37 bits per heavy atom. The first-order chi connectivity index (χ1) is 13.0. The number of hydrogen-bond donors (Lipinski definition) is 1. The minimum atomic E-state index is 0.823. The van der Waals surface area contributed by atoms with Gasteiger partial charge in [0, 0.05) is 28.5 Å². The van der Waals surface area contributed by atoms with Crippen LogP contribution in [0.4, 0.5) is 10.8 Å². The maximum absolute atomic E-state index is 4.77. The van der Waals surface area contributed by atoms with E-state index in [-0.39, 0.29) is 0 Å². The summed E-state index contributed by atoms with van der Waals surface area (Å²) in [6.45, 7) is 6.38.